The van der Waals surface area contributed by atoms with Gasteiger partial charge in [-0.1, -0.05) is 44.0 Å². The van der Waals surface area contributed by atoms with Crippen LogP contribution in [0.25, 0.3) is 0 Å². The van der Waals surface area contributed by atoms with Crippen LogP contribution in [-0.2, 0) is 4.79 Å². The minimum atomic E-state index is -1.05. The lowest BCUT2D eigenvalue weighted by Gasteiger charge is -2.20. The van der Waals surface area contributed by atoms with E-state index >= 15 is 0 Å². The van der Waals surface area contributed by atoms with Crippen molar-refractivity contribution in [3.8, 4) is 0 Å². The molecule has 0 spiro atoms. The number of hydrogen-bond acceptors (Lipinski definition) is 2. The van der Waals surface area contributed by atoms with Gasteiger partial charge in [0.25, 0.3) is 0 Å². The van der Waals surface area contributed by atoms with Crippen LogP contribution in [0.5, 0.6) is 0 Å². The van der Waals surface area contributed by atoms with Gasteiger partial charge in [0.05, 0.1) is 10.7 Å². The number of urea groups is 1. The van der Waals surface area contributed by atoms with E-state index in [9.17, 15) is 9.59 Å². The Labute approximate surface area is 117 Å². The molecule has 19 heavy (non-hydrogen) atoms. The van der Waals surface area contributed by atoms with Gasteiger partial charge in [0.2, 0.25) is 0 Å². The molecule has 0 saturated carbocycles. The molecule has 0 aliphatic rings. The zero-order valence-electron chi connectivity index (χ0n) is 10.8. The highest BCUT2D eigenvalue weighted by molar-refractivity contribution is 6.33. The first-order valence-electron chi connectivity index (χ1n) is 6.00. The molecule has 6 heteroatoms. The highest BCUT2D eigenvalue weighted by Gasteiger charge is 2.25. The summed E-state index contributed by atoms with van der Waals surface area (Å²) in [5, 5.41) is 14.4. The third kappa shape index (κ3) is 4.44. The topological polar surface area (TPSA) is 78.4 Å². The van der Waals surface area contributed by atoms with Gasteiger partial charge in [-0.2, -0.15) is 0 Å². The number of carbonyl (C=O) groups excluding carboxylic acids is 1. The van der Waals surface area contributed by atoms with E-state index in [1.165, 1.54) is 0 Å². The van der Waals surface area contributed by atoms with Crippen molar-refractivity contribution in [2.45, 2.75) is 26.3 Å². The van der Waals surface area contributed by atoms with E-state index in [0.717, 1.165) is 0 Å². The molecule has 104 valence electrons. The number of carbonyl (C=O) groups is 2. The average Bonchev–Trinajstić information content (AvgIpc) is 2.37. The van der Waals surface area contributed by atoms with Crippen molar-refractivity contribution >= 4 is 29.3 Å². The Hall–Kier alpha value is -1.75. The van der Waals surface area contributed by atoms with Crippen molar-refractivity contribution in [1.29, 1.82) is 0 Å². The summed E-state index contributed by atoms with van der Waals surface area (Å²) in [5.74, 6) is -1.21. The summed E-state index contributed by atoms with van der Waals surface area (Å²) >= 11 is 5.90. The zero-order chi connectivity index (χ0) is 14.4. The molecule has 1 unspecified atom stereocenters. The normalized spacial score (nSPS) is 13.4. The van der Waals surface area contributed by atoms with Gasteiger partial charge in [0.15, 0.2) is 0 Å². The van der Waals surface area contributed by atoms with Crippen molar-refractivity contribution in [3.05, 3.63) is 29.3 Å². The minimum Gasteiger partial charge on any atom is -0.480 e. The predicted octanol–water partition coefficient (Wildman–Crippen LogP) is 2.96. The fourth-order valence-electron chi connectivity index (χ4n) is 1.55. The van der Waals surface area contributed by atoms with Gasteiger partial charge in [-0.05, 0) is 18.1 Å². The van der Waals surface area contributed by atoms with Crippen LogP contribution in [0, 0.1) is 5.92 Å². The smallest absolute Gasteiger partial charge is 0.326 e. The maximum absolute atomic E-state index is 11.8. The van der Waals surface area contributed by atoms with Crippen LogP contribution in [-0.4, -0.2) is 23.1 Å². The summed E-state index contributed by atoms with van der Waals surface area (Å²) < 4.78 is 0. The van der Waals surface area contributed by atoms with Crippen molar-refractivity contribution in [2.75, 3.05) is 5.32 Å². The van der Waals surface area contributed by atoms with Crippen molar-refractivity contribution in [3.63, 3.8) is 0 Å². The first-order valence-corrected chi connectivity index (χ1v) is 6.38. The van der Waals surface area contributed by atoms with E-state index in [2.05, 4.69) is 10.6 Å². The Balaban J connectivity index is 2.68. The van der Waals surface area contributed by atoms with Gasteiger partial charge in [-0.25, -0.2) is 9.59 Å². The van der Waals surface area contributed by atoms with E-state index in [-0.39, 0.29) is 5.92 Å². The first kappa shape index (κ1) is 15.3. The number of anilines is 1. The quantitative estimate of drug-likeness (QED) is 0.778. The number of carboxylic acids is 1. The van der Waals surface area contributed by atoms with E-state index < -0.39 is 18.0 Å². The molecule has 0 aliphatic heterocycles. The average molecular weight is 285 g/mol. The van der Waals surface area contributed by atoms with Crippen LogP contribution in [0.4, 0.5) is 10.5 Å². The number of aliphatic carboxylic acids is 1. The Kier molecular flexibility index (Phi) is 5.63. The summed E-state index contributed by atoms with van der Waals surface area (Å²) in [5.41, 5.74) is 0.440. The van der Waals surface area contributed by atoms with Crippen LogP contribution in [0.1, 0.15) is 20.3 Å². The third-order valence-electron chi connectivity index (χ3n) is 2.89. The second-order valence-corrected chi connectivity index (χ2v) is 4.69. The number of amides is 2. The lowest BCUT2D eigenvalue weighted by Crippen LogP contribution is -2.46. The molecule has 0 heterocycles. The minimum absolute atomic E-state index is 0.158. The molecule has 0 saturated heterocycles. The molecule has 5 nitrogen and oxygen atoms in total. The second-order valence-electron chi connectivity index (χ2n) is 4.28. The third-order valence-corrected chi connectivity index (χ3v) is 3.22. The van der Waals surface area contributed by atoms with E-state index in [1.807, 2.05) is 6.92 Å². The van der Waals surface area contributed by atoms with E-state index in [0.29, 0.717) is 17.1 Å². The molecule has 2 atom stereocenters. The molecule has 2 amide bonds. The predicted molar refractivity (Wildman–Crippen MR) is 74.5 cm³/mol. The van der Waals surface area contributed by atoms with Gasteiger partial charge < -0.3 is 15.7 Å². The van der Waals surface area contributed by atoms with Crippen LogP contribution in [0.3, 0.4) is 0 Å². The van der Waals surface area contributed by atoms with Gasteiger partial charge in [-0.15, -0.1) is 0 Å². The molecule has 0 radical (unpaired) electrons. The number of carboxylic acid groups (broad SMARTS) is 1. The molecule has 3 N–H and O–H groups in total. The molecular weight excluding hydrogens is 268 g/mol. The van der Waals surface area contributed by atoms with E-state index in [1.54, 1.807) is 31.2 Å². The Bertz CT molecular complexity index is 465. The van der Waals surface area contributed by atoms with Crippen LogP contribution in [0.15, 0.2) is 24.3 Å². The van der Waals surface area contributed by atoms with Crippen molar-refractivity contribution in [2.24, 2.45) is 5.92 Å². The molecule has 1 rings (SSSR count). The number of benzene rings is 1. The summed E-state index contributed by atoms with van der Waals surface area (Å²) in [4.78, 5) is 22.8. The zero-order valence-corrected chi connectivity index (χ0v) is 11.6. The molecular formula is C13H17ClN2O3. The summed E-state index contributed by atoms with van der Waals surface area (Å²) in [6.45, 7) is 3.64. The highest BCUT2D eigenvalue weighted by Crippen LogP contribution is 2.20. The van der Waals surface area contributed by atoms with Gasteiger partial charge in [0.1, 0.15) is 6.04 Å². The summed E-state index contributed by atoms with van der Waals surface area (Å²) in [6.07, 6.45) is 0.656. The monoisotopic (exact) mass is 284 g/mol. The van der Waals surface area contributed by atoms with Gasteiger partial charge in [-0.3, -0.25) is 0 Å². The standard InChI is InChI=1S/C13H17ClN2O3/c1-3-8(2)11(12(17)18)16-13(19)15-10-7-5-4-6-9(10)14/h4-8,11H,3H2,1-2H3,(H,17,18)(H2,15,16,19)/t8?,11-/m1/s1. The number of nitrogens with one attached hydrogen (secondary N) is 2. The fourth-order valence-corrected chi connectivity index (χ4v) is 1.73. The van der Waals surface area contributed by atoms with Crippen molar-refractivity contribution in [1.82, 2.24) is 5.32 Å². The van der Waals surface area contributed by atoms with Gasteiger partial charge >= 0.3 is 12.0 Å². The summed E-state index contributed by atoms with van der Waals surface area (Å²) in [6, 6.07) is 5.24. The molecule has 1 aromatic carbocycles. The van der Waals surface area contributed by atoms with E-state index in [4.69, 9.17) is 16.7 Å². The Morgan fingerprint density at radius 1 is 1.37 bits per heavy atom. The largest absolute Gasteiger partial charge is 0.480 e. The van der Waals surface area contributed by atoms with Gasteiger partial charge in [0, 0.05) is 0 Å². The van der Waals surface area contributed by atoms with Crippen LogP contribution < -0.4 is 10.6 Å². The highest BCUT2D eigenvalue weighted by atomic mass is 35.5. The van der Waals surface area contributed by atoms with Crippen LogP contribution >= 0.6 is 11.6 Å². The number of halogens is 1. The van der Waals surface area contributed by atoms with Crippen LogP contribution in [0.2, 0.25) is 5.02 Å². The Morgan fingerprint density at radius 3 is 2.53 bits per heavy atom. The number of rotatable bonds is 5. The lowest BCUT2D eigenvalue weighted by molar-refractivity contribution is -0.140. The van der Waals surface area contributed by atoms with Crippen molar-refractivity contribution < 1.29 is 14.7 Å². The first-order chi connectivity index (χ1) is 8.95. The number of hydrogen-bond donors (Lipinski definition) is 3. The SMILES string of the molecule is CCC(C)[C@@H](NC(=O)Nc1ccccc1Cl)C(=O)O. The molecule has 0 aromatic heterocycles. The molecule has 1 aromatic rings. The summed E-state index contributed by atoms with van der Waals surface area (Å²) in [7, 11) is 0. The maximum Gasteiger partial charge on any atom is 0.326 e. The molecule has 0 bridgehead atoms. The molecule has 0 fully saturated rings. The lowest BCUT2D eigenvalue weighted by atomic mass is 9.99. The fraction of sp³-hybridized carbons (Fsp3) is 0.385. The number of para-hydroxylation sites is 1. The molecule has 0 aliphatic carbocycles. The second kappa shape index (κ2) is 6.99. The Morgan fingerprint density at radius 2 is 2.00 bits per heavy atom. The maximum atomic E-state index is 11.8.